The van der Waals surface area contributed by atoms with Crippen molar-refractivity contribution in [2.75, 3.05) is 5.32 Å². The average Bonchev–Trinajstić information content (AvgIpc) is 3.67. The quantitative estimate of drug-likeness (QED) is 0.288. The Balaban J connectivity index is 1.44. The largest absolute Gasteiger partial charge is 0.436 e. The number of rotatable bonds is 3. The van der Waals surface area contributed by atoms with E-state index in [9.17, 15) is 22.8 Å². The summed E-state index contributed by atoms with van der Waals surface area (Å²) in [6.45, 7) is -0.909. The minimum atomic E-state index is -4.71. The zero-order valence-electron chi connectivity index (χ0n) is 26.0. The van der Waals surface area contributed by atoms with Gasteiger partial charge in [0.15, 0.2) is 5.69 Å². The van der Waals surface area contributed by atoms with Gasteiger partial charge in [-0.15, -0.1) is 5.10 Å². The van der Waals surface area contributed by atoms with Crippen molar-refractivity contribution >= 4 is 23.2 Å². The Kier molecular flexibility index (Phi) is 6.60. The number of pyridine rings is 1. The second-order valence-electron chi connectivity index (χ2n) is 10.4. The first-order chi connectivity index (χ1) is 22.2. The number of aromatic nitrogens is 8. The van der Waals surface area contributed by atoms with Crippen molar-refractivity contribution in [3.8, 4) is 28.1 Å². The Bertz CT molecular complexity index is 2040. The number of amides is 1. The molecule has 0 fully saturated rings. The van der Waals surface area contributed by atoms with Crippen molar-refractivity contribution in [1.29, 1.82) is 0 Å². The molecule has 0 unspecified atom stereocenters. The molecular formula is C29H25ClF3N9O2. The summed E-state index contributed by atoms with van der Waals surface area (Å²) in [5.74, 6) is -0.761. The standard InChI is InChI=1S/C29H25ClF3N9O2/c1-16-4-3-5-24(21-10-17(8-9-34-21)27-22(37-28(16)44)14-35-40(27)2)42-26(43)11-18(13-36-42)20-12-19(30)6-7-23(20)41-15-25(38-39-41)29(31,32)33/h6-16,24H,3-5H2,1-2H3,(H,37,44)/t16-,24+/m1/s1/i2D3. The van der Waals surface area contributed by atoms with Gasteiger partial charge in [0, 0.05) is 51.0 Å². The highest BCUT2D eigenvalue weighted by molar-refractivity contribution is 6.31. The number of hydrogen-bond donors (Lipinski definition) is 1. The van der Waals surface area contributed by atoms with Crippen molar-refractivity contribution in [3.05, 3.63) is 87.9 Å². The predicted octanol–water partition coefficient (Wildman–Crippen LogP) is 5.31. The molecule has 5 aromatic rings. The van der Waals surface area contributed by atoms with Crippen LogP contribution in [0.1, 0.15) is 47.7 Å². The van der Waals surface area contributed by atoms with Gasteiger partial charge in [0.2, 0.25) is 5.91 Å². The van der Waals surface area contributed by atoms with Crippen LogP contribution in [-0.2, 0) is 17.9 Å². The van der Waals surface area contributed by atoms with Crippen LogP contribution in [-0.4, -0.2) is 45.4 Å². The maximum absolute atomic E-state index is 13.7. The molecule has 6 rings (SSSR count). The molecule has 1 amide bonds. The minimum absolute atomic E-state index is 0.152. The monoisotopic (exact) mass is 626 g/mol. The molecule has 1 aliphatic rings. The number of benzene rings is 1. The molecule has 11 nitrogen and oxygen atoms in total. The van der Waals surface area contributed by atoms with Crippen LogP contribution in [0.5, 0.6) is 0 Å². The van der Waals surface area contributed by atoms with Gasteiger partial charge in [-0.05, 0) is 43.2 Å². The van der Waals surface area contributed by atoms with Gasteiger partial charge in [0.25, 0.3) is 5.56 Å². The van der Waals surface area contributed by atoms with Gasteiger partial charge in [0.05, 0.1) is 47.4 Å². The molecule has 1 aromatic carbocycles. The Labute approximate surface area is 257 Å². The first kappa shape index (κ1) is 25.6. The maximum atomic E-state index is 13.7. The lowest BCUT2D eigenvalue weighted by Crippen LogP contribution is -2.29. The van der Waals surface area contributed by atoms with Gasteiger partial charge in [-0.1, -0.05) is 30.2 Å². The maximum Gasteiger partial charge on any atom is 0.436 e. The Morgan fingerprint density at radius 1 is 1.07 bits per heavy atom. The molecule has 5 heterocycles. The summed E-state index contributed by atoms with van der Waals surface area (Å²) in [4.78, 5) is 31.2. The van der Waals surface area contributed by atoms with E-state index in [4.69, 9.17) is 15.7 Å². The normalized spacial score (nSPS) is 18.7. The van der Waals surface area contributed by atoms with Crippen molar-refractivity contribution in [3.63, 3.8) is 0 Å². The van der Waals surface area contributed by atoms with Gasteiger partial charge in [-0.2, -0.15) is 23.4 Å². The van der Waals surface area contributed by atoms with Crippen LogP contribution in [0.15, 0.2) is 66.0 Å². The van der Waals surface area contributed by atoms with E-state index in [1.54, 1.807) is 19.1 Å². The molecule has 0 spiro atoms. The lowest BCUT2D eigenvalue weighted by atomic mass is 9.97. The fraction of sp³-hybridized carbons (Fsp3) is 0.276. The molecule has 4 aromatic heterocycles. The van der Waals surface area contributed by atoms with Gasteiger partial charge >= 0.3 is 6.18 Å². The highest BCUT2D eigenvalue weighted by atomic mass is 35.5. The third kappa shape index (κ3) is 5.60. The molecule has 0 saturated carbocycles. The molecule has 0 radical (unpaired) electrons. The third-order valence-corrected chi connectivity index (χ3v) is 7.64. The number of anilines is 1. The number of aryl methyl sites for hydroxylation is 1. The van der Waals surface area contributed by atoms with Gasteiger partial charge in [-0.3, -0.25) is 19.3 Å². The predicted molar refractivity (Wildman–Crippen MR) is 155 cm³/mol. The fourth-order valence-corrected chi connectivity index (χ4v) is 5.32. The van der Waals surface area contributed by atoms with E-state index in [1.165, 1.54) is 47.5 Å². The zero-order valence-corrected chi connectivity index (χ0v) is 23.7. The summed E-state index contributed by atoms with van der Waals surface area (Å²) in [6, 6.07) is 8.17. The number of nitrogens with zero attached hydrogens (tertiary/aromatic N) is 8. The summed E-state index contributed by atoms with van der Waals surface area (Å²) in [5.41, 5.74) is 0.187. The number of hydrogen-bond acceptors (Lipinski definition) is 7. The van der Waals surface area contributed by atoms with Crippen LogP contribution >= 0.6 is 11.6 Å². The lowest BCUT2D eigenvalue weighted by Gasteiger charge is -2.21. The molecule has 44 heavy (non-hydrogen) atoms. The van der Waals surface area contributed by atoms with Crippen LogP contribution in [0.2, 0.25) is 5.02 Å². The minimum Gasteiger partial charge on any atom is -0.323 e. The Morgan fingerprint density at radius 2 is 1.91 bits per heavy atom. The molecule has 2 bridgehead atoms. The number of nitrogens with one attached hydrogen (secondary N) is 1. The van der Waals surface area contributed by atoms with Crippen molar-refractivity contribution < 1.29 is 22.1 Å². The van der Waals surface area contributed by atoms with Crippen LogP contribution in [0, 0.1) is 5.92 Å². The van der Waals surface area contributed by atoms with Gasteiger partial charge in [0.1, 0.15) is 0 Å². The molecule has 1 aliphatic heterocycles. The van der Waals surface area contributed by atoms with Crippen LogP contribution in [0.4, 0.5) is 18.9 Å². The number of halogens is 4. The topological polar surface area (TPSA) is 125 Å². The van der Waals surface area contributed by atoms with Crippen molar-refractivity contribution in [2.24, 2.45) is 12.9 Å². The lowest BCUT2D eigenvalue weighted by molar-refractivity contribution is -0.141. The molecule has 1 N–H and O–H groups in total. The van der Waals surface area contributed by atoms with E-state index in [0.717, 1.165) is 15.6 Å². The first-order valence-electron chi connectivity index (χ1n) is 14.9. The van der Waals surface area contributed by atoms with E-state index in [2.05, 4.69) is 30.8 Å². The van der Waals surface area contributed by atoms with Crippen LogP contribution in [0.3, 0.4) is 0 Å². The SMILES string of the molecule is [2H]C([2H])([2H])n1ncc2c1-c1ccnc(c1)[C@@H](n1ncc(-c3cc(Cl)ccc3-n3cc(C(F)(F)F)nn3)cc1=O)CCC[C@@H](C)C(=O)N2. The molecule has 0 saturated heterocycles. The van der Waals surface area contributed by atoms with Crippen molar-refractivity contribution in [2.45, 2.75) is 38.4 Å². The zero-order chi connectivity index (χ0) is 33.7. The summed E-state index contributed by atoms with van der Waals surface area (Å²) < 4.78 is 66.6. The second kappa shape index (κ2) is 11.3. The molecule has 226 valence electrons. The van der Waals surface area contributed by atoms with E-state index >= 15 is 0 Å². The summed E-state index contributed by atoms with van der Waals surface area (Å²) in [6.07, 6.45) is 1.48. The van der Waals surface area contributed by atoms with E-state index in [0.29, 0.717) is 30.5 Å². The Hall–Kier alpha value is -4.85. The third-order valence-electron chi connectivity index (χ3n) is 7.41. The van der Waals surface area contributed by atoms with Crippen molar-refractivity contribution in [1.82, 2.24) is 39.5 Å². The van der Waals surface area contributed by atoms with Gasteiger partial charge in [-0.25, -0.2) is 9.36 Å². The first-order valence-corrected chi connectivity index (χ1v) is 13.8. The second-order valence-corrected chi connectivity index (χ2v) is 10.8. The average molecular weight is 627 g/mol. The molecular weight excluding hydrogens is 599 g/mol. The summed E-state index contributed by atoms with van der Waals surface area (Å²) >= 11 is 6.23. The number of alkyl halides is 3. The molecule has 0 aliphatic carbocycles. The number of fused-ring (bicyclic) bond motifs is 4. The summed E-state index contributed by atoms with van der Waals surface area (Å²) in [5, 5.41) is 18.4. The van der Waals surface area contributed by atoms with E-state index < -0.39 is 36.4 Å². The molecule has 15 heteroatoms. The van der Waals surface area contributed by atoms with E-state index in [1.807, 2.05) is 0 Å². The van der Waals surface area contributed by atoms with Crippen LogP contribution in [0.25, 0.3) is 28.1 Å². The van der Waals surface area contributed by atoms with Crippen LogP contribution < -0.4 is 10.9 Å². The number of carbonyl (C=O) groups excluding carboxylic acids is 1. The highest BCUT2D eigenvalue weighted by Crippen LogP contribution is 2.34. The number of carbonyl (C=O) groups is 1. The Morgan fingerprint density at radius 3 is 2.66 bits per heavy atom. The van der Waals surface area contributed by atoms with Gasteiger partial charge < -0.3 is 5.32 Å². The van der Waals surface area contributed by atoms with E-state index in [-0.39, 0.29) is 39.1 Å². The molecule has 2 atom stereocenters. The fourth-order valence-electron chi connectivity index (χ4n) is 5.15. The summed E-state index contributed by atoms with van der Waals surface area (Å²) in [7, 11) is 0. The smallest absolute Gasteiger partial charge is 0.323 e. The highest BCUT2D eigenvalue weighted by Gasteiger charge is 2.35.